The predicted molar refractivity (Wildman–Crippen MR) is 90.7 cm³/mol. The zero-order valence-corrected chi connectivity index (χ0v) is 14.1. The second-order valence-corrected chi connectivity index (χ2v) is 6.54. The van der Waals surface area contributed by atoms with E-state index in [4.69, 9.17) is 4.74 Å². The molecule has 0 radical (unpaired) electrons. The number of aromatic nitrogens is 1. The molecule has 1 atom stereocenters. The number of carbonyl (C=O) groups excluding carboxylic acids is 1. The van der Waals surface area contributed by atoms with Gasteiger partial charge >= 0.3 is 0 Å². The van der Waals surface area contributed by atoms with Crippen molar-refractivity contribution in [2.75, 3.05) is 19.7 Å². The van der Waals surface area contributed by atoms with Crippen molar-refractivity contribution in [3.05, 3.63) is 59.7 Å². The minimum Gasteiger partial charge on any atom is -0.490 e. The summed E-state index contributed by atoms with van der Waals surface area (Å²) in [6, 6.07) is 9.54. The molecule has 1 N–H and O–H groups in total. The number of β-amino-alcohol motifs (C(OH)–C–C–N with tert-alkyl or cyclic N) is 1. The van der Waals surface area contributed by atoms with Gasteiger partial charge in [-0.1, -0.05) is 12.1 Å². The summed E-state index contributed by atoms with van der Waals surface area (Å²) >= 11 is 0. The third kappa shape index (κ3) is 4.54. The summed E-state index contributed by atoms with van der Waals surface area (Å²) in [5.41, 5.74) is 0.631. The Morgan fingerprint density at radius 3 is 2.96 bits per heavy atom. The van der Waals surface area contributed by atoms with Gasteiger partial charge in [-0.2, -0.15) is 0 Å². The third-order valence-corrected chi connectivity index (χ3v) is 4.29. The van der Waals surface area contributed by atoms with Crippen LogP contribution in [0, 0.1) is 12.7 Å². The van der Waals surface area contributed by atoms with Crippen LogP contribution >= 0.6 is 0 Å². The van der Waals surface area contributed by atoms with Crippen LogP contribution in [-0.4, -0.2) is 46.2 Å². The van der Waals surface area contributed by atoms with Crippen LogP contribution in [-0.2, 0) is 11.2 Å². The Morgan fingerprint density at radius 1 is 1.40 bits per heavy atom. The molecule has 3 rings (SSSR count). The lowest BCUT2D eigenvalue weighted by Crippen LogP contribution is -2.41. The average molecular weight is 344 g/mol. The molecule has 0 unspecified atom stereocenters. The SMILES string of the molecule is Cc1ccc(CC(=O)N2CC[C@](O)(COc3cccc(F)c3)C2)nc1. The van der Waals surface area contributed by atoms with Gasteiger partial charge in [0, 0.05) is 24.5 Å². The standard InChI is InChI=1S/C19H21FN2O3/c1-14-5-6-16(21-11-14)10-18(23)22-8-7-19(24,12-22)13-25-17-4-2-3-15(20)9-17/h2-6,9,11,24H,7-8,10,12-13H2,1H3/t19-/m1/s1. The maximum absolute atomic E-state index is 13.2. The number of aryl methyl sites for hydroxylation is 1. The van der Waals surface area contributed by atoms with E-state index in [1.807, 2.05) is 19.1 Å². The van der Waals surface area contributed by atoms with E-state index in [-0.39, 0.29) is 25.5 Å². The molecule has 0 aliphatic carbocycles. The van der Waals surface area contributed by atoms with Gasteiger partial charge in [0.1, 0.15) is 23.8 Å². The summed E-state index contributed by atoms with van der Waals surface area (Å²) in [6.07, 6.45) is 2.37. The van der Waals surface area contributed by atoms with Gasteiger partial charge in [-0.05, 0) is 37.1 Å². The van der Waals surface area contributed by atoms with Crippen LogP contribution in [0.25, 0.3) is 0 Å². The maximum atomic E-state index is 13.2. The molecule has 0 spiro atoms. The van der Waals surface area contributed by atoms with E-state index in [1.54, 1.807) is 23.2 Å². The van der Waals surface area contributed by atoms with Crippen molar-refractivity contribution >= 4 is 5.91 Å². The number of rotatable bonds is 5. The minimum atomic E-state index is -1.12. The largest absolute Gasteiger partial charge is 0.490 e. The van der Waals surface area contributed by atoms with Gasteiger partial charge in [-0.15, -0.1) is 0 Å². The van der Waals surface area contributed by atoms with Crippen molar-refractivity contribution in [2.45, 2.75) is 25.4 Å². The van der Waals surface area contributed by atoms with E-state index < -0.39 is 11.4 Å². The summed E-state index contributed by atoms with van der Waals surface area (Å²) in [4.78, 5) is 18.3. The molecule has 2 heterocycles. The van der Waals surface area contributed by atoms with Gasteiger partial charge < -0.3 is 14.7 Å². The molecular formula is C19H21FN2O3. The Morgan fingerprint density at radius 2 is 2.24 bits per heavy atom. The highest BCUT2D eigenvalue weighted by Crippen LogP contribution is 2.24. The summed E-state index contributed by atoms with van der Waals surface area (Å²) < 4.78 is 18.7. The molecule has 1 aliphatic rings. The van der Waals surface area contributed by atoms with E-state index in [2.05, 4.69) is 4.98 Å². The van der Waals surface area contributed by atoms with E-state index in [1.165, 1.54) is 12.1 Å². The monoisotopic (exact) mass is 344 g/mol. The molecule has 1 amide bonds. The summed E-state index contributed by atoms with van der Waals surface area (Å²) in [7, 11) is 0. The first-order valence-corrected chi connectivity index (χ1v) is 8.24. The molecule has 2 aromatic rings. The topological polar surface area (TPSA) is 62.7 Å². The second kappa shape index (κ2) is 7.19. The number of benzene rings is 1. The normalized spacial score (nSPS) is 19.9. The number of ether oxygens (including phenoxy) is 1. The van der Waals surface area contributed by atoms with Crippen LogP contribution in [0.2, 0.25) is 0 Å². The Balaban J connectivity index is 1.54. The number of nitrogens with zero attached hydrogens (tertiary/aromatic N) is 2. The summed E-state index contributed by atoms with van der Waals surface area (Å²) in [5.74, 6) is -0.0987. The fourth-order valence-electron chi connectivity index (χ4n) is 2.83. The van der Waals surface area contributed by atoms with Crippen LogP contribution in [0.1, 0.15) is 17.7 Å². The first kappa shape index (κ1) is 17.4. The fraction of sp³-hybridized carbons (Fsp3) is 0.368. The fourth-order valence-corrected chi connectivity index (χ4v) is 2.83. The Hall–Kier alpha value is -2.47. The van der Waals surface area contributed by atoms with Gasteiger partial charge in [-0.3, -0.25) is 9.78 Å². The first-order valence-electron chi connectivity index (χ1n) is 8.24. The quantitative estimate of drug-likeness (QED) is 0.902. The van der Waals surface area contributed by atoms with Crippen LogP contribution in [0.3, 0.4) is 0 Å². The van der Waals surface area contributed by atoms with Crippen LogP contribution < -0.4 is 4.74 Å². The van der Waals surface area contributed by atoms with Crippen LogP contribution in [0.5, 0.6) is 5.75 Å². The Kier molecular flexibility index (Phi) is 4.99. The van der Waals surface area contributed by atoms with Crippen molar-refractivity contribution in [3.63, 3.8) is 0 Å². The third-order valence-electron chi connectivity index (χ3n) is 4.29. The number of amides is 1. The highest BCUT2D eigenvalue weighted by molar-refractivity contribution is 5.78. The zero-order valence-electron chi connectivity index (χ0n) is 14.1. The number of aliphatic hydroxyl groups is 1. The smallest absolute Gasteiger partial charge is 0.228 e. The van der Waals surface area contributed by atoms with E-state index in [9.17, 15) is 14.3 Å². The number of halogens is 1. The predicted octanol–water partition coefficient (Wildman–Crippen LogP) is 2.11. The van der Waals surface area contributed by atoms with Crippen molar-refractivity contribution in [3.8, 4) is 5.75 Å². The molecule has 1 aromatic carbocycles. The van der Waals surface area contributed by atoms with Gasteiger partial charge in [0.2, 0.25) is 5.91 Å². The highest BCUT2D eigenvalue weighted by Gasteiger charge is 2.39. The summed E-state index contributed by atoms with van der Waals surface area (Å²) in [5, 5.41) is 10.6. The van der Waals surface area contributed by atoms with Crippen LogP contribution in [0.15, 0.2) is 42.6 Å². The zero-order chi connectivity index (χ0) is 17.9. The Bertz CT molecular complexity index is 751. The molecule has 0 saturated carbocycles. The second-order valence-electron chi connectivity index (χ2n) is 6.54. The number of pyridine rings is 1. The van der Waals surface area contributed by atoms with E-state index in [0.29, 0.717) is 24.4 Å². The molecule has 1 aromatic heterocycles. The molecule has 0 bridgehead atoms. The van der Waals surface area contributed by atoms with Crippen molar-refractivity contribution in [2.24, 2.45) is 0 Å². The lowest BCUT2D eigenvalue weighted by molar-refractivity contribution is -0.130. The van der Waals surface area contributed by atoms with Gasteiger partial charge in [0.25, 0.3) is 0 Å². The molecule has 1 aliphatic heterocycles. The molecule has 25 heavy (non-hydrogen) atoms. The van der Waals surface area contributed by atoms with Gasteiger partial charge in [-0.25, -0.2) is 4.39 Å². The molecule has 6 heteroatoms. The van der Waals surface area contributed by atoms with Crippen LogP contribution in [0.4, 0.5) is 4.39 Å². The molecule has 1 saturated heterocycles. The average Bonchev–Trinajstić information content (AvgIpc) is 2.98. The Labute approximate surface area is 146 Å². The lowest BCUT2D eigenvalue weighted by Gasteiger charge is -2.23. The highest BCUT2D eigenvalue weighted by atomic mass is 19.1. The summed E-state index contributed by atoms with van der Waals surface area (Å²) in [6.45, 7) is 2.63. The van der Waals surface area contributed by atoms with Gasteiger partial charge in [0.05, 0.1) is 13.0 Å². The van der Waals surface area contributed by atoms with Crippen molar-refractivity contribution in [1.29, 1.82) is 0 Å². The van der Waals surface area contributed by atoms with E-state index >= 15 is 0 Å². The van der Waals surface area contributed by atoms with Crippen molar-refractivity contribution in [1.82, 2.24) is 9.88 Å². The molecule has 1 fully saturated rings. The van der Waals surface area contributed by atoms with Gasteiger partial charge in [0.15, 0.2) is 0 Å². The maximum Gasteiger partial charge on any atom is 0.228 e. The number of hydrogen-bond acceptors (Lipinski definition) is 4. The molecular weight excluding hydrogens is 323 g/mol. The lowest BCUT2D eigenvalue weighted by atomic mass is 10.1. The first-order chi connectivity index (χ1) is 11.9. The van der Waals surface area contributed by atoms with E-state index in [0.717, 1.165) is 5.56 Å². The molecule has 5 nitrogen and oxygen atoms in total. The molecule has 132 valence electrons. The van der Waals surface area contributed by atoms with Crippen molar-refractivity contribution < 1.29 is 19.0 Å². The number of carbonyl (C=O) groups is 1. The number of likely N-dealkylation sites (tertiary alicyclic amines) is 1. The minimum absolute atomic E-state index is 0.0169. The number of hydrogen-bond donors (Lipinski definition) is 1.